The summed E-state index contributed by atoms with van der Waals surface area (Å²) in [5, 5.41) is 4.66. The Morgan fingerprint density at radius 2 is 1.89 bits per heavy atom. The molecule has 1 aliphatic heterocycles. The smallest absolute Gasteiger partial charge is 0.220 e. The highest BCUT2D eigenvalue weighted by molar-refractivity contribution is 6.03. The summed E-state index contributed by atoms with van der Waals surface area (Å²) >= 11 is 0. The van der Waals surface area contributed by atoms with Crippen LogP contribution in [0.5, 0.6) is 0 Å². The lowest BCUT2D eigenvalue weighted by Gasteiger charge is -2.37. The first-order valence-electron chi connectivity index (χ1n) is 12.9. The van der Waals surface area contributed by atoms with Crippen LogP contribution in [0.1, 0.15) is 40.4 Å². The first-order valence-corrected chi connectivity index (χ1v) is 12.9. The number of hydrogen-bond acceptors (Lipinski definition) is 7. The van der Waals surface area contributed by atoms with Crippen LogP contribution < -0.4 is 5.73 Å². The van der Waals surface area contributed by atoms with Crippen LogP contribution in [0.15, 0.2) is 78.2 Å². The van der Waals surface area contributed by atoms with E-state index in [9.17, 15) is 4.39 Å². The molecule has 0 amide bonds. The highest BCUT2D eigenvalue weighted by Gasteiger charge is 2.32. The number of nitrogens with two attached hydrogens (primary N) is 1. The van der Waals surface area contributed by atoms with Gasteiger partial charge in [0.05, 0.1) is 17.1 Å². The van der Waals surface area contributed by atoms with Gasteiger partial charge in [0, 0.05) is 49.6 Å². The summed E-state index contributed by atoms with van der Waals surface area (Å²) in [6, 6.07) is 19.2. The van der Waals surface area contributed by atoms with Gasteiger partial charge in [-0.3, -0.25) is 9.88 Å². The molecule has 3 heterocycles. The fourth-order valence-corrected chi connectivity index (χ4v) is 5.48. The number of hydrogen-bond donors (Lipinski definition) is 1. The maximum Gasteiger partial charge on any atom is 0.220 e. The van der Waals surface area contributed by atoms with E-state index in [1.165, 1.54) is 11.6 Å². The maximum absolute atomic E-state index is 14.3. The number of rotatable bonds is 6. The van der Waals surface area contributed by atoms with Gasteiger partial charge in [-0.1, -0.05) is 47.6 Å². The minimum atomic E-state index is -0.284. The Morgan fingerprint density at radius 1 is 1.05 bits per heavy atom. The van der Waals surface area contributed by atoms with E-state index in [1.807, 2.05) is 31.2 Å². The second kappa shape index (κ2) is 10.3. The third-order valence-electron chi connectivity index (χ3n) is 7.26. The van der Waals surface area contributed by atoms with E-state index in [1.54, 1.807) is 18.5 Å². The minimum Gasteiger partial charge on any atom is -0.390 e. The first kappa shape index (κ1) is 24.2. The van der Waals surface area contributed by atoms with Crippen LogP contribution in [-0.4, -0.2) is 44.8 Å². The van der Waals surface area contributed by atoms with Crippen LogP contribution in [0.4, 0.5) is 10.3 Å². The molecule has 0 saturated carbocycles. The van der Waals surface area contributed by atoms with E-state index in [-0.39, 0.29) is 23.8 Å². The van der Waals surface area contributed by atoms with E-state index in [0.717, 1.165) is 59.0 Å². The second-order valence-electron chi connectivity index (χ2n) is 10.0. The van der Waals surface area contributed by atoms with Gasteiger partial charge in [0.2, 0.25) is 5.95 Å². The number of nitrogen functional groups attached to an aromatic ring is 1. The van der Waals surface area contributed by atoms with Gasteiger partial charge < -0.3 is 10.6 Å². The standard InChI is InChI=1S/C30H29FN6O/c1-19-29-27(35-30(32)34-19)12-22(25-10-9-23(31)14-26(25)21-8-5-11-33-15-21)13-28(29)36-38-24-17-37(18-24)16-20-6-3-2-4-7-20/h2-11,14-15,22,24H,12-13,16-18H2,1H3,(H2,32,34,35)/b36-28+. The number of likely N-dealkylation sites (tertiary alicyclic amines) is 1. The van der Waals surface area contributed by atoms with Gasteiger partial charge in [0.15, 0.2) is 6.10 Å². The molecule has 4 aromatic rings. The lowest BCUT2D eigenvalue weighted by molar-refractivity contribution is -0.0564. The number of oxime groups is 1. The molecule has 1 atom stereocenters. The van der Waals surface area contributed by atoms with E-state index in [2.05, 4.69) is 49.3 Å². The van der Waals surface area contributed by atoms with Gasteiger partial charge in [0.25, 0.3) is 0 Å². The zero-order chi connectivity index (χ0) is 26.1. The van der Waals surface area contributed by atoms with E-state index in [4.69, 9.17) is 10.6 Å². The van der Waals surface area contributed by atoms with Crippen molar-refractivity contribution in [2.45, 2.75) is 38.3 Å². The summed E-state index contributed by atoms with van der Waals surface area (Å²) in [6.07, 6.45) is 4.78. The number of benzene rings is 2. The Morgan fingerprint density at radius 3 is 2.68 bits per heavy atom. The molecule has 2 aromatic carbocycles. The molecule has 8 heteroatoms. The summed E-state index contributed by atoms with van der Waals surface area (Å²) in [7, 11) is 0. The Bertz CT molecular complexity index is 1470. The van der Waals surface area contributed by atoms with Crippen LogP contribution in [0.2, 0.25) is 0 Å². The van der Waals surface area contributed by atoms with Crippen molar-refractivity contribution in [3.05, 3.63) is 107 Å². The molecule has 38 heavy (non-hydrogen) atoms. The first-order chi connectivity index (χ1) is 18.5. The van der Waals surface area contributed by atoms with Crippen molar-refractivity contribution >= 4 is 11.7 Å². The molecule has 0 spiro atoms. The van der Waals surface area contributed by atoms with Crippen molar-refractivity contribution in [2.24, 2.45) is 5.16 Å². The predicted octanol–water partition coefficient (Wildman–Crippen LogP) is 4.90. The number of aromatic nitrogens is 3. The normalized spacial score (nSPS) is 18.7. The summed E-state index contributed by atoms with van der Waals surface area (Å²) < 4.78 is 14.3. The lowest BCUT2D eigenvalue weighted by atomic mass is 9.78. The summed E-state index contributed by atoms with van der Waals surface area (Å²) in [4.78, 5) is 21.6. The molecule has 2 aromatic heterocycles. The van der Waals surface area contributed by atoms with Crippen molar-refractivity contribution in [1.29, 1.82) is 0 Å². The van der Waals surface area contributed by atoms with Crippen LogP contribution in [0.3, 0.4) is 0 Å². The lowest BCUT2D eigenvalue weighted by Crippen LogP contribution is -2.50. The fourth-order valence-electron chi connectivity index (χ4n) is 5.48. The highest BCUT2D eigenvalue weighted by atomic mass is 19.1. The predicted molar refractivity (Wildman–Crippen MR) is 145 cm³/mol. The molecule has 2 N–H and O–H groups in total. The van der Waals surface area contributed by atoms with Crippen molar-refractivity contribution in [3.63, 3.8) is 0 Å². The maximum atomic E-state index is 14.3. The van der Waals surface area contributed by atoms with Crippen LogP contribution in [0, 0.1) is 12.7 Å². The summed E-state index contributed by atoms with van der Waals surface area (Å²) in [5.74, 6) is -0.0249. The topological polar surface area (TPSA) is 89.5 Å². The fraction of sp³-hybridized carbons (Fsp3) is 0.267. The average Bonchev–Trinajstić information content (AvgIpc) is 2.90. The van der Waals surface area contributed by atoms with Crippen molar-refractivity contribution in [3.8, 4) is 11.1 Å². The second-order valence-corrected chi connectivity index (χ2v) is 10.0. The SMILES string of the molecule is Cc1nc(N)nc2c1/C(=N/OC1CN(Cc3ccccc3)C1)CC(c1ccc(F)cc1-c1cccnc1)C2. The van der Waals surface area contributed by atoms with E-state index in [0.29, 0.717) is 12.8 Å². The average molecular weight is 509 g/mol. The third-order valence-corrected chi connectivity index (χ3v) is 7.26. The van der Waals surface area contributed by atoms with Gasteiger partial charge in [-0.25, -0.2) is 14.4 Å². The quantitative estimate of drug-likeness (QED) is 0.373. The third kappa shape index (κ3) is 4.99. The minimum absolute atomic E-state index is 0.0188. The van der Waals surface area contributed by atoms with Gasteiger partial charge in [-0.2, -0.15) is 0 Å². The monoisotopic (exact) mass is 508 g/mol. The Hall–Kier alpha value is -4.17. The molecule has 7 nitrogen and oxygen atoms in total. The molecule has 1 aliphatic carbocycles. The van der Waals surface area contributed by atoms with Crippen LogP contribution >= 0.6 is 0 Å². The van der Waals surface area contributed by atoms with Crippen molar-refractivity contribution in [2.75, 3.05) is 18.8 Å². The number of anilines is 1. The van der Waals surface area contributed by atoms with Gasteiger partial charge in [-0.15, -0.1) is 0 Å². The molecular weight excluding hydrogens is 479 g/mol. The molecular formula is C30H29FN6O. The van der Waals surface area contributed by atoms with E-state index < -0.39 is 0 Å². The number of nitrogens with zero attached hydrogens (tertiary/aromatic N) is 5. The molecule has 192 valence electrons. The molecule has 2 aliphatic rings. The molecule has 1 fully saturated rings. The number of halogens is 1. The molecule has 6 rings (SSSR count). The van der Waals surface area contributed by atoms with Crippen LogP contribution in [0.25, 0.3) is 11.1 Å². The molecule has 1 saturated heterocycles. The number of pyridine rings is 1. The largest absolute Gasteiger partial charge is 0.390 e. The number of fused-ring (bicyclic) bond motifs is 1. The van der Waals surface area contributed by atoms with E-state index >= 15 is 0 Å². The molecule has 1 unspecified atom stereocenters. The summed E-state index contributed by atoms with van der Waals surface area (Å²) in [5.41, 5.74) is 13.4. The van der Waals surface area contributed by atoms with Crippen molar-refractivity contribution < 1.29 is 9.23 Å². The molecule has 0 radical (unpaired) electrons. The Balaban J connectivity index is 1.26. The van der Waals surface area contributed by atoms with Crippen LogP contribution in [-0.2, 0) is 17.8 Å². The highest BCUT2D eigenvalue weighted by Crippen LogP contribution is 2.38. The number of aryl methyl sites for hydroxylation is 1. The summed E-state index contributed by atoms with van der Waals surface area (Å²) in [6.45, 7) is 4.47. The Kier molecular flexibility index (Phi) is 6.55. The zero-order valence-electron chi connectivity index (χ0n) is 21.2. The van der Waals surface area contributed by atoms with Gasteiger partial charge >= 0.3 is 0 Å². The molecule has 0 bridgehead atoms. The zero-order valence-corrected chi connectivity index (χ0v) is 21.2. The van der Waals surface area contributed by atoms with Gasteiger partial charge in [-0.05, 0) is 54.2 Å². The Labute approximate surface area is 221 Å². The van der Waals surface area contributed by atoms with Gasteiger partial charge in [0.1, 0.15) is 5.82 Å². The van der Waals surface area contributed by atoms with Crippen molar-refractivity contribution in [1.82, 2.24) is 19.9 Å².